The summed E-state index contributed by atoms with van der Waals surface area (Å²) in [6.45, 7) is 1.93. The number of hydrogen-bond acceptors (Lipinski definition) is 3. The smallest absolute Gasteiger partial charge is 0.293 e. The van der Waals surface area contributed by atoms with Gasteiger partial charge in [0.25, 0.3) is 5.56 Å². The van der Waals surface area contributed by atoms with E-state index in [1.165, 1.54) is 0 Å². The molecule has 4 aromatic rings. The molecule has 0 fully saturated rings. The molecule has 1 unspecified atom stereocenters. The second-order valence-electron chi connectivity index (χ2n) is 5.94. The summed E-state index contributed by atoms with van der Waals surface area (Å²) < 4.78 is 1.54. The SMILES string of the molecule is CC(c1ccccc1)n1cc(-c2cccc3cn[nH]c23)c(=O)[nH]c1=O. The fraction of sp³-hybridized carbons (Fsp3) is 0.105. The van der Waals surface area contributed by atoms with Crippen LogP contribution in [0.1, 0.15) is 18.5 Å². The molecule has 0 saturated carbocycles. The van der Waals surface area contributed by atoms with Crippen molar-refractivity contribution in [3.63, 3.8) is 0 Å². The number of para-hydroxylation sites is 1. The molecule has 0 bridgehead atoms. The van der Waals surface area contributed by atoms with Crippen LogP contribution < -0.4 is 11.2 Å². The van der Waals surface area contributed by atoms with Gasteiger partial charge in [-0.2, -0.15) is 5.10 Å². The Kier molecular flexibility index (Phi) is 3.57. The molecule has 2 aromatic heterocycles. The zero-order valence-corrected chi connectivity index (χ0v) is 13.6. The van der Waals surface area contributed by atoms with E-state index in [0.717, 1.165) is 16.5 Å². The van der Waals surface area contributed by atoms with Crippen LogP contribution in [-0.4, -0.2) is 19.7 Å². The number of hydrogen-bond donors (Lipinski definition) is 2. The van der Waals surface area contributed by atoms with Gasteiger partial charge in [0.1, 0.15) is 0 Å². The van der Waals surface area contributed by atoms with Crippen molar-refractivity contribution in [2.75, 3.05) is 0 Å². The summed E-state index contributed by atoms with van der Waals surface area (Å²) in [7, 11) is 0. The van der Waals surface area contributed by atoms with Crippen LogP contribution in [-0.2, 0) is 0 Å². The lowest BCUT2D eigenvalue weighted by molar-refractivity contribution is 0.596. The number of aromatic amines is 2. The van der Waals surface area contributed by atoms with Gasteiger partial charge in [0, 0.05) is 17.1 Å². The van der Waals surface area contributed by atoms with Crippen LogP contribution in [0, 0.1) is 0 Å². The Morgan fingerprint density at radius 1 is 1.00 bits per heavy atom. The fourth-order valence-electron chi connectivity index (χ4n) is 3.05. The van der Waals surface area contributed by atoms with E-state index in [1.54, 1.807) is 17.0 Å². The largest absolute Gasteiger partial charge is 0.328 e. The highest BCUT2D eigenvalue weighted by Crippen LogP contribution is 2.25. The van der Waals surface area contributed by atoms with Crippen molar-refractivity contribution < 1.29 is 0 Å². The molecular weight excluding hydrogens is 316 g/mol. The van der Waals surface area contributed by atoms with Crippen molar-refractivity contribution in [2.24, 2.45) is 0 Å². The third kappa shape index (κ3) is 2.57. The van der Waals surface area contributed by atoms with E-state index in [1.807, 2.05) is 55.5 Å². The van der Waals surface area contributed by atoms with Gasteiger partial charge >= 0.3 is 5.69 Å². The average Bonchev–Trinajstić information content (AvgIpc) is 3.11. The molecule has 4 rings (SSSR count). The van der Waals surface area contributed by atoms with Gasteiger partial charge in [-0.05, 0) is 12.5 Å². The Balaban J connectivity index is 1.92. The molecule has 0 aliphatic rings. The minimum Gasteiger partial charge on any atom is -0.293 e. The summed E-state index contributed by atoms with van der Waals surface area (Å²) in [4.78, 5) is 27.2. The third-order valence-electron chi connectivity index (χ3n) is 4.43. The monoisotopic (exact) mass is 332 g/mol. The van der Waals surface area contributed by atoms with Crippen molar-refractivity contribution in [1.29, 1.82) is 0 Å². The Morgan fingerprint density at radius 2 is 1.80 bits per heavy atom. The summed E-state index contributed by atoms with van der Waals surface area (Å²) >= 11 is 0. The highest BCUT2D eigenvalue weighted by Gasteiger charge is 2.15. The molecule has 6 heteroatoms. The quantitative estimate of drug-likeness (QED) is 0.605. The molecule has 0 aliphatic carbocycles. The van der Waals surface area contributed by atoms with E-state index in [2.05, 4.69) is 15.2 Å². The van der Waals surface area contributed by atoms with E-state index in [9.17, 15) is 9.59 Å². The summed E-state index contributed by atoms with van der Waals surface area (Å²) in [6.07, 6.45) is 3.32. The molecule has 1 atom stereocenters. The molecule has 0 saturated heterocycles. The molecule has 2 heterocycles. The van der Waals surface area contributed by atoms with Gasteiger partial charge in [-0.1, -0.05) is 48.5 Å². The molecule has 2 N–H and O–H groups in total. The second kappa shape index (κ2) is 5.90. The molecule has 2 aromatic carbocycles. The summed E-state index contributed by atoms with van der Waals surface area (Å²) in [5.74, 6) is 0. The summed E-state index contributed by atoms with van der Waals surface area (Å²) in [6, 6.07) is 15.1. The maximum atomic E-state index is 12.4. The minimum absolute atomic E-state index is 0.203. The standard InChI is InChI=1S/C19H16N4O2/c1-12(13-6-3-2-4-7-13)23-11-16(18(24)21-19(23)25)15-9-5-8-14-10-20-22-17(14)15/h2-12H,1H3,(H,20,22)(H,21,24,25). The first-order valence-electron chi connectivity index (χ1n) is 7.98. The Labute approximate surface area is 142 Å². The van der Waals surface area contributed by atoms with Gasteiger partial charge in [0.2, 0.25) is 0 Å². The second-order valence-corrected chi connectivity index (χ2v) is 5.94. The molecule has 0 radical (unpaired) electrons. The van der Waals surface area contributed by atoms with E-state index in [-0.39, 0.29) is 6.04 Å². The van der Waals surface area contributed by atoms with Crippen molar-refractivity contribution in [1.82, 2.24) is 19.7 Å². The Hall–Kier alpha value is -3.41. The maximum Gasteiger partial charge on any atom is 0.328 e. The molecular formula is C19H16N4O2. The highest BCUT2D eigenvalue weighted by molar-refractivity contribution is 5.92. The van der Waals surface area contributed by atoms with Crippen LogP contribution in [0.3, 0.4) is 0 Å². The van der Waals surface area contributed by atoms with E-state index >= 15 is 0 Å². The highest BCUT2D eigenvalue weighted by atomic mass is 16.2. The van der Waals surface area contributed by atoms with E-state index in [0.29, 0.717) is 11.1 Å². The molecule has 0 spiro atoms. The minimum atomic E-state index is -0.429. The molecule has 0 aliphatic heterocycles. The van der Waals surface area contributed by atoms with Crippen LogP contribution in [0.25, 0.3) is 22.0 Å². The number of nitrogens with one attached hydrogen (secondary N) is 2. The van der Waals surface area contributed by atoms with Crippen LogP contribution in [0.15, 0.2) is 70.5 Å². The molecule has 0 amide bonds. The van der Waals surface area contributed by atoms with Gasteiger partial charge in [-0.3, -0.25) is 19.4 Å². The summed E-state index contributed by atoms with van der Waals surface area (Å²) in [5, 5.41) is 7.86. The van der Waals surface area contributed by atoms with Crippen molar-refractivity contribution in [3.05, 3.63) is 87.3 Å². The van der Waals surface area contributed by atoms with Crippen LogP contribution in [0.2, 0.25) is 0 Å². The van der Waals surface area contributed by atoms with Crippen LogP contribution in [0.5, 0.6) is 0 Å². The number of fused-ring (bicyclic) bond motifs is 1. The molecule has 6 nitrogen and oxygen atoms in total. The normalized spacial score (nSPS) is 12.4. The first kappa shape index (κ1) is 15.1. The lowest BCUT2D eigenvalue weighted by atomic mass is 10.0. The number of rotatable bonds is 3. The van der Waals surface area contributed by atoms with Crippen molar-refractivity contribution in [2.45, 2.75) is 13.0 Å². The van der Waals surface area contributed by atoms with Gasteiger partial charge in [0.15, 0.2) is 0 Å². The molecule has 124 valence electrons. The average molecular weight is 332 g/mol. The van der Waals surface area contributed by atoms with Crippen molar-refractivity contribution in [3.8, 4) is 11.1 Å². The predicted octanol–water partition coefficient (Wildman–Crippen LogP) is 2.69. The summed E-state index contributed by atoms with van der Waals surface area (Å²) in [5.41, 5.74) is 2.06. The first-order chi connectivity index (χ1) is 12.1. The van der Waals surface area contributed by atoms with Gasteiger partial charge in [-0.25, -0.2) is 4.79 Å². The van der Waals surface area contributed by atoms with Gasteiger partial charge in [0.05, 0.1) is 23.3 Å². The predicted molar refractivity (Wildman–Crippen MR) is 96.7 cm³/mol. The van der Waals surface area contributed by atoms with Gasteiger partial charge in [-0.15, -0.1) is 0 Å². The third-order valence-corrected chi connectivity index (χ3v) is 4.43. The lowest BCUT2D eigenvalue weighted by Gasteiger charge is -2.16. The van der Waals surface area contributed by atoms with Crippen molar-refractivity contribution >= 4 is 10.9 Å². The number of aromatic nitrogens is 4. The zero-order valence-electron chi connectivity index (χ0n) is 13.6. The Morgan fingerprint density at radius 3 is 2.60 bits per heavy atom. The first-order valence-corrected chi connectivity index (χ1v) is 7.98. The fourth-order valence-corrected chi connectivity index (χ4v) is 3.05. The van der Waals surface area contributed by atoms with Crippen LogP contribution >= 0.6 is 0 Å². The zero-order chi connectivity index (χ0) is 17.4. The van der Waals surface area contributed by atoms with E-state index < -0.39 is 11.2 Å². The molecule has 25 heavy (non-hydrogen) atoms. The maximum absolute atomic E-state index is 12.4. The van der Waals surface area contributed by atoms with Crippen LogP contribution in [0.4, 0.5) is 0 Å². The van der Waals surface area contributed by atoms with E-state index in [4.69, 9.17) is 0 Å². The number of nitrogens with zero attached hydrogens (tertiary/aromatic N) is 2. The topological polar surface area (TPSA) is 83.5 Å². The lowest BCUT2D eigenvalue weighted by Crippen LogP contribution is -2.32. The van der Waals surface area contributed by atoms with Gasteiger partial charge < -0.3 is 0 Å². The number of H-pyrrole nitrogens is 2. The Bertz CT molecular complexity index is 1160. The number of benzene rings is 2.